The van der Waals surface area contributed by atoms with Crippen molar-refractivity contribution < 1.29 is 19.4 Å². The molecular weight excluding hydrogens is 330 g/mol. The first-order valence-electron chi connectivity index (χ1n) is 9.65. The van der Waals surface area contributed by atoms with Crippen LogP contribution in [0.2, 0.25) is 0 Å². The van der Waals surface area contributed by atoms with Crippen LogP contribution < -0.4 is 5.32 Å². The molecule has 3 atom stereocenters. The van der Waals surface area contributed by atoms with Crippen LogP contribution in [0.25, 0.3) is 0 Å². The van der Waals surface area contributed by atoms with Crippen molar-refractivity contribution in [2.45, 2.75) is 44.9 Å². The van der Waals surface area contributed by atoms with Crippen LogP contribution in [0, 0.1) is 17.8 Å². The van der Waals surface area contributed by atoms with Crippen molar-refractivity contribution in [2.24, 2.45) is 17.8 Å². The number of carbonyl (C=O) groups excluding carboxylic acids is 1. The van der Waals surface area contributed by atoms with Gasteiger partial charge in [0.25, 0.3) is 0 Å². The van der Waals surface area contributed by atoms with Gasteiger partial charge in [0.2, 0.25) is 5.91 Å². The zero-order chi connectivity index (χ0) is 18.7. The van der Waals surface area contributed by atoms with Crippen LogP contribution in [0.5, 0.6) is 0 Å². The van der Waals surface area contributed by atoms with Gasteiger partial charge in [0.05, 0.1) is 5.92 Å². The minimum Gasteiger partial charge on any atom is -0.481 e. The molecule has 142 valence electrons. The van der Waals surface area contributed by atoms with Crippen molar-refractivity contribution in [2.75, 3.05) is 19.8 Å². The maximum absolute atomic E-state index is 12.4. The van der Waals surface area contributed by atoms with E-state index in [9.17, 15) is 14.7 Å². The zero-order valence-electron chi connectivity index (χ0n) is 15.6. The number of amides is 1. The Morgan fingerprint density at radius 2 is 1.85 bits per heavy atom. The highest BCUT2D eigenvalue weighted by molar-refractivity contribution is 5.83. The van der Waals surface area contributed by atoms with Gasteiger partial charge in [-0.2, -0.15) is 0 Å². The van der Waals surface area contributed by atoms with Crippen LogP contribution in [0.3, 0.4) is 0 Å². The van der Waals surface area contributed by atoms with Gasteiger partial charge in [-0.05, 0) is 48.1 Å². The Labute approximate surface area is 155 Å². The summed E-state index contributed by atoms with van der Waals surface area (Å²) in [6.45, 7) is 5.77. The number of carboxylic acids is 1. The molecule has 1 heterocycles. The van der Waals surface area contributed by atoms with Crippen molar-refractivity contribution in [1.82, 2.24) is 5.32 Å². The molecule has 0 radical (unpaired) electrons. The molecule has 1 aliphatic heterocycles. The summed E-state index contributed by atoms with van der Waals surface area (Å²) in [5.74, 6) is -0.535. The lowest BCUT2D eigenvalue weighted by atomic mass is 9.86. The Hall–Kier alpha value is -1.88. The predicted molar refractivity (Wildman–Crippen MR) is 99.1 cm³/mol. The predicted octanol–water partition coefficient (Wildman–Crippen LogP) is 3.16. The van der Waals surface area contributed by atoms with E-state index in [-0.39, 0.29) is 30.2 Å². The van der Waals surface area contributed by atoms with Gasteiger partial charge in [0.15, 0.2) is 0 Å². The standard InChI is InChI=1S/C21H29NO4/c1-13(2)14-3-5-15(6-4-14)17-11-18(17)20(23)22-12-19(21(24)25)16-7-9-26-10-8-16/h3-6,13,16-19H,7-12H2,1-2H3,(H,22,23)(H,24,25). The minimum atomic E-state index is -0.825. The summed E-state index contributed by atoms with van der Waals surface area (Å²) < 4.78 is 5.31. The van der Waals surface area contributed by atoms with Gasteiger partial charge < -0.3 is 15.2 Å². The van der Waals surface area contributed by atoms with Crippen LogP contribution in [0.1, 0.15) is 56.1 Å². The molecule has 26 heavy (non-hydrogen) atoms. The largest absolute Gasteiger partial charge is 0.481 e. The monoisotopic (exact) mass is 359 g/mol. The van der Waals surface area contributed by atoms with Crippen molar-refractivity contribution in [3.05, 3.63) is 35.4 Å². The number of carbonyl (C=O) groups is 2. The molecule has 3 unspecified atom stereocenters. The van der Waals surface area contributed by atoms with Gasteiger partial charge >= 0.3 is 5.97 Å². The van der Waals surface area contributed by atoms with Crippen LogP contribution >= 0.6 is 0 Å². The Bertz CT molecular complexity index is 634. The van der Waals surface area contributed by atoms with E-state index in [1.54, 1.807) is 0 Å². The third-order valence-corrected chi connectivity index (χ3v) is 5.81. The summed E-state index contributed by atoms with van der Waals surface area (Å²) >= 11 is 0. The Morgan fingerprint density at radius 3 is 2.42 bits per heavy atom. The molecule has 1 aromatic carbocycles. The third kappa shape index (κ3) is 4.44. The third-order valence-electron chi connectivity index (χ3n) is 5.81. The molecule has 1 amide bonds. The topological polar surface area (TPSA) is 75.6 Å². The van der Waals surface area contributed by atoms with Gasteiger partial charge in [-0.15, -0.1) is 0 Å². The first kappa shape index (κ1) is 18.9. The summed E-state index contributed by atoms with van der Waals surface area (Å²) in [7, 11) is 0. The molecule has 5 heteroatoms. The second-order valence-corrected chi connectivity index (χ2v) is 7.91. The highest BCUT2D eigenvalue weighted by Crippen LogP contribution is 2.47. The molecule has 1 saturated carbocycles. The van der Waals surface area contributed by atoms with E-state index in [4.69, 9.17) is 4.74 Å². The average molecular weight is 359 g/mol. The van der Waals surface area contributed by atoms with E-state index >= 15 is 0 Å². The number of aliphatic carboxylic acids is 1. The molecule has 0 aromatic heterocycles. The highest BCUT2D eigenvalue weighted by atomic mass is 16.5. The quantitative estimate of drug-likeness (QED) is 0.784. The summed E-state index contributed by atoms with van der Waals surface area (Å²) in [5, 5.41) is 12.4. The van der Waals surface area contributed by atoms with Crippen LogP contribution in [-0.4, -0.2) is 36.7 Å². The summed E-state index contributed by atoms with van der Waals surface area (Å²) in [6.07, 6.45) is 2.35. The number of benzene rings is 1. The summed E-state index contributed by atoms with van der Waals surface area (Å²) in [4.78, 5) is 24.0. The van der Waals surface area contributed by atoms with Crippen molar-refractivity contribution >= 4 is 11.9 Å². The molecule has 2 N–H and O–H groups in total. The Balaban J connectivity index is 1.51. The van der Waals surface area contributed by atoms with E-state index in [2.05, 4.69) is 43.4 Å². The summed E-state index contributed by atoms with van der Waals surface area (Å²) in [6, 6.07) is 8.52. The fourth-order valence-corrected chi connectivity index (χ4v) is 3.90. The van der Waals surface area contributed by atoms with Crippen molar-refractivity contribution in [1.29, 1.82) is 0 Å². The van der Waals surface area contributed by atoms with Crippen LogP contribution in [0.4, 0.5) is 0 Å². The van der Waals surface area contributed by atoms with E-state index < -0.39 is 11.9 Å². The molecule has 3 rings (SSSR count). The second-order valence-electron chi connectivity index (χ2n) is 7.91. The highest BCUT2D eigenvalue weighted by Gasteiger charge is 2.44. The fourth-order valence-electron chi connectivity index (χ4n) is 3.90. The van der Waals surface area contributed by atoms with Gasteiger partial charge in [-0.3, -0.25) is 9.59 Å². The van der Waals surface area contributed by atoms with Gasteiger partial charge in [-0.1, -0.05) is 38.1 Å². The average Bonchev–Trinajstić information content (AvgIpc) is 3.43. The van der Waals surface area contributed by atoms with E-state index in [1.165, 1.54) is 11.1 Å². The molecule has 5 nitrogen and oxygen atoms in total. The first-order chi connectivity index (χ1) is 12.5. The Kier molecular flexibility index (Phi) is 5.97. The molecule has 1 saturated heterocycles. The van der Waals surface area contributed by atoms with Crippen LogP contribution in [0.15, 0.2) is 24.3 Å². The minimum absolute atomic E-state index is 0.0127. The second kappa shape index (κ2) is 8.21. The lowest BCUT2D eigenvalue weighted by molar-refractivity contribution is -0.145. The molecule has 2 fully saturated rings. The number of nitrogens with one attached hydrogen (secondary N) is 1. The molecule has 2 aliphatic rings. The normalized spacial score (nSPS) is 24.3. The molecule has 0 bridgehead atoms. The van der Waals surface area contributed by atoms with Crippen molar-refractivity contribution in [3.8, 4) is 0 Å². The molecule has 1 aliphatic carbocycles. The lowest BCUT2D eigenvalue weighted by Crippen LogP contribution is -2.39. The number of ether oxygens (including phenoxy) is 1. The summed E-state index contributed by atoms with van der Waals surface area (Å²) in [5.41, 5.74) is 2.50. The number of carboxylic acid groups (broad SMARTS) is 1. The molecular formula is C21H29NO4. The zero-order valence-corrected chi connectivity index (χ0v) is 15.6. The number of rotatable bonds is 7. The maximum atomic E-state index is 12.4. The fraction of sp³-hybridized carbons (Fsp3) is 0.619. The van der Waals surface area contributed by atoms with Crippen molar-refractivity contribution in [3.63, 3.8) is 0 Å². The number of hydrogen-bond acceptors (Lipinski definition) is 3. The molecule has 1 aromatic rings. The van der Waals surface area contributed by atoms with Gasteiger partial charge in [0.1, 0.15) is 0 Å². The molecule has 0 spiro atoms. The van der Waals surface area contributed by atoms with E-state index in [1.807, 2.05) is 0 Å². The smallest absolute Gasteiger partial charge is 0.308 e. The first-order valence-corrected chi connectivity index (χ1v) is 9.65. The maximum Gasteiger partial charge on any atom is 0.308 e. The van der Waals surface area contributed by atoms with Gasteiger partial charge in [-0.25, -0.2) is 0 Å². The lowest BCUT2D eigenvalue weighted by Gasteiger charge is -2.27. The van der Waals surface area contributed by atoms with E-state index in [0.29, 0.717) is 19.1 Å². The van der Waals surface area contributed by atoms with E-state index in [0.717, 1.165) is 19.3 Å². The van der Waals surface area contributed by atoms with Crippen LogP contribution in [-0.2, 0) is 14.3 Å². The Morgan fingerprint density at radius 1 is 1.19 bits per heavy atom. The number of hydrogen-bond donors (Lipinski definition) is 2. The SMILES string of the molecule is CC(C)c1ccc(C2CC2C(=O)NCC(C(=O)O)C2CCOCC2)cc1. The van der Waals surface area contributed by atoms with Gasteiger partial charge in [0, 0.05) is 25.7 Å².